The number of rotatable bonds is 0. The molecule has 1 atom stereocenters. The molecular weight excluding hydrogens is 90.0 g/mol. The van der Waals surface area contributed by atoms with Gasteiger partial charge in [0.05, 0.1) is 0 Å². The van der Waals surface area contributed by atoms with E-state index in [-0.39, 0.29) is 18.9 Å². The van der Waals surface area contributed by atoms with Gasteiger partial charge in [-0.15, -0.1) is 3.89 Å². The normalized spacial score (nSPS) is 12.4. The minimum absolute atomic E-state index is 0. The van der Waals surface area contributed by atoms with Crippen LogP contribution in [-0.2, 0) is 11.5 Å². The molecule has 0 radical (unpaired) electrons. The molecule has 0 aliphatic rings. The van der Waals surface area contributed by atoms with Crippen LogP contribution >= 0.6 is 0 Å². The van der Waals surface area contributed by atoms with Gasteiger partial charge >= 0.3 is 18.9 Å². The zero-order valence-corrected chi connectivity index (χ0v) is 3.42. The number of hydrogen-bond acceptors (Lipinski definition) is 2. The van der Waals surface area contributed by atoms with Gasteiger partial charge in [-0.25, -0.2) is 4.21 Å². The third kappa shape index (κ3) is 79.4. The Morgan fingerprint density at radius 2 is 1.80 bits per heavy atom. The molecule has 26 valence electrons. The van der Waals surface area contributed by atoms with Crippen LogP contribution in [-0.4, -0.2) is 8.76 Å². The molecule has 2 nitrogen and oxygen atoms in total. The molecule has 0 aliphatic carbocycles. The Labute approximate surface area is 43.5 Å². The van der Waals surface area contributed by atoms with E-state index < -0.39 is 11.5 Å². The molecule has 0 saturated heterocycles. The van der Waals surface area contributed by atoms with Crippen molar-refractivity contribution >= 4 is 11.5 Å². The summed E-state index contributed by atoms with van der Waals surface area (Å²) in [5.41, 5.74) is 0. The summed E-state index contributed by atoms with van der Waals surface area (Å²) in [5.74, 6) is 0. The first-order chi connectivity index (χ1) is 1.73. The van der Waals surface area contributed by atoms with Gasteiger partial charge in [-0.3, -0.25) is 0 Å². The Kier molecular flexibility index (Phi) is 8.50. The summed E-state index contributed by atoms with van der Waals surface area (Å²) in [4.78, 5) is 0. The largest absolute Gasteiger partial charge is 1.00 e. The first kappa shape index (κ1) is 9.16. The van der Waals surface area contributed by atoms with Gasteiger partial charge in [0.25, 0.3) is 0 Å². The second kappa shape index (κ2) is 4.64. The molecule has 0 spiro atoms. The van der Waals surface area contributed by atoms with Crippen LogP contribution in [0.15, 0.2) is 0 Å². The van der Waals surface area contributed by atoms with E-state index in [1.165, 1.54) is 0 Å². The van der Waals surface area contributed by atoms with E-state index in [2.05, 4.69) is 0 Å². The minimum atomic E-state index is -3.36. The average Bonchev–Trinajstić information content (AvgIpc) is 0.811. The van der Waals surface area contributed by atoms with Crippen LogP contribution < -0.4 is 18.9 Å². The predicted octanol–water partition coefficient (Wildman–Crippen LogP) is -3.25. The molecular formula is FLiO2S. The van der Waals surface area contributed by atoms with Crippen molar-refractivity contribution in [1.29, 1.82) is 0 Å². The Balaban J connectivity index is 0. The van der Waals surface area contributed by atoms with Crippen LogP contribution in [0, 0.1) is 0 Å². The van der Waals surface area contributed by atoms with Crippen molar-refractivity contribution in [2.75, 3.05) is 0 Å². The predicted molar refractivity (Wildman–Crippen MR) is 10.0 cm³/mol. The van der Waals surface area contributed by atoms with Crippen LogP contribution in [0.5, 0.6) is 0 Å². The van der Waals surface area contributed by atoms with Gasteiger partial charge < -0.3 is 4.55 Å². The first-order valence-electron chi connectivity index (χ1n) is 0.488. The molecule has 0 rings (SSSR count). The Morgan fingerprint density at radius 3 is 1.80 bits per heavy atom. The fourth-order valence-electron chi connectivity index (χ4n) is 0. The summed E-state index contributed by atoms with van der Waals surface area (Å²) in [6, 6.07) is 0. The van der Waals surface area contributed by atoms with Crippen LogP contribution in [0.2, 0.25) is 0 Å². The van der Waals surface area contributed by atoms with Crippen molar-refractivity contribution in [2.24, 2.45) is 0 Å². The summed E-state index contributed by atoms with van der Waals surface area (Å²) in [5, 5.41) is 0. The van der Waals surface area contributed by atoms with Gasteiger partial charge in [-0.05, 0) is 0 Å². The maximum atomic E-state index is 9.92. The van der Waals surface area contributed by atoms with E-state index in [4.69, 9.17) is 8.76 Å². The maximum Gasteiger partial charge on any atom is 1.00 e. The van der Waals surface area contributed by atoms with E-state index in [1.807, 2.05) is 0 Å². The third-order valence-electron chi connectivity index (χ3n) is 0. The van der Waals surface area contributed by atoms with Crippen molar-refractivity contribution in [1.82, 2.24) is 0 Å². The number of halogens is 1. The maximum absolute atomic E-state index is 9.92. The molecule has 0 N–H and O–H groups in total. The van der Waals surface area contributed by atoms with Crippen molar-refractivity contribution in [2.45, 2.75) is 0 Å². The summed E-state index contributed by atoms with van der Waals surface area (Å²) in [7, 11) is 0. The standard InChI is InChI=1S/FHO2S.Li/c1-4(2)3;/h(H,2,3);/q;+1/p-1. The topological polar surface area (TPSA) is 40.1 Å². The van der Waals surface area contributed by atoms with Gasteiger partial charge in [-0.1, -0.05) is 0 Å². The summed E-state index contributed by atoms with van der Waals surface area (Å²) < 4.78 is 26.6. The summed E-state index contributed by atoms with van der Waals surface area (Å²) in [6.07, 6.45) is 0. The molecule has 0 aromatic carbocycles. The fraction of sp³-hybridized carbons (Fsp3) is 0. The van der Waals surface area contributed by atoms with Crippen LogP contribution in [0.1, 0.15) is 0 Å². The Bertz CT molecular complexity index is 32.6. The van der Waals surface area contributed by atoms with Crippen molar-refractivity contribution in [3.63, 3.8) is 0 Å². The first-order valence-corrected chi connectivity index (χ1v) is 1.46. The molecule has 5 heavy (non-hydrogen) atoms. The van der Waals surface area contributed by atoms with E-state index in [1.54, 1.807) is 0 Å². The molecule has 5 heteroatoms. The second-order valence-electron chi connectivity index (χ2n) is 0.194. The summed E-state index contributed by atoms with van der Waals surface area (Å²) >= 11 is -3.36. The molecule has 0 aromatic heterocycles. The quantitative estimate of drug-likeness (QED) is 0.178. The van der Waals surface area contributed by atoms with E-state index >= 15 is 0 Å². The van der Waals surface area contributed by atoms with E-state index in [0.29, 0.717) is 0 Å². The Morgan fingerprint density at radius 1 is 1.80 bits per heavy atom. The monoisotopic (exact) mass is 90.0 g/mol. The van der Waals surface area contributed by atoms with Crippen molar-refractivity contribution in [3.8, 4) is 0 Å². The van der Waals surface area contributed by atoms with E-state index in [0.717, 1.165) is 0 Å². The van der Waals surface area contributed by atoms with Gasteiger partial charge in [0.15, 0.2) is 0 Å². The van der Waals surface area contributed by atoms with Crippen LogP contribution in [0.4, 0.5) is 3.89 Å². The number of hydrogen-bond donors (Lipinski definition) is 0. The molecule has 0 aliphatic heterocycles. The molecule has 0 bridgehead atoms. The SMILES string of the molecule is O=S([O-])F.[Li+]. The van der Waals surface area contributed by atoms with Gasteiger partial charge in [-0.2, -0.15) is 0 Å². The van der Waals surface area contributed by atoms with Crippen molar-refractivity contribution < 1.29 is 31.5 Å². The molecule has 1 unspecified atom stereocenters. The van der Waals surface area contributed by atoms with Gasteiger partial charge in [0.2, 0.25) is 0 Å². The average molecular weight is 90.0 g/mol. The second-order valence-corrected chi connectivity index (χ2v) is 0.582. The fourth-order valence-corrected chi connectivity index (χ4v) is 0. The molecule has 0 aromatic rings. The third-order valence-corrected chi connectivity index (χ3v) is 0. The Hall–Kier alpha value is 0.637. The van der Waals surface area contributed by atoms with Gasteiger partial charge in [0.1, 0.15) is 11.5 Å². The van der Waals surface area contributed by atoms with E-state index in [9.17, 15) is 3.89 Å². The molecule has 0 heterocycles. The zero-order valence-electron chi connectivity index (χ0n) is 2.60. The molecule has 0 amide bonds. The van der Waals surface area contributed by atoms with Crippen LogP contribution in [0.25, 0.3) is 0 Å². The van der Waals surface area contributed by atoms with Gasteiger partial charge in [0, 0.05) is 0 Å². The zero-order chi connectivity index (χ0) is 3.58. The minimum Gasteiger partial charge on any atom is -0.746 e. The smallest absolute Gasteiger partial charge is 0.746 e. The molecule has 0 saturated carbocycles. The molecule has 0 fully saturated rings. The van der Waals surface area contributed by atoms with Crippen molar-refractivity contribution in [3.05, 3.63) is 0 Å². The van der Waals surface area contributed by atoms with Crippen LogP contribution in [0.3, 0.4) is 0 Å². The summed E-state index contributed by atoms with van der Waals surface area (Å²) in [6.45, 7) is 0.